The average Bonchev–Trinajstić information content (AvgIpc) is 2.41. The number of carbonyl (C=O) groups is 2. The first-order chi connectivity index (χ1) is 9.79. The van der Waals surface area contributed by atoms with Crippen molar-refractivity contribution >= 4 is 23.7 Å². The first-order valence-corrected chi connectivity index (χ1v) is 8.91. The summed E-state index contributed by atoms with van der Waals surface area (Å²) in [5, 5.41) is 17.1. The molecule has 5 heteroatoms. The Balaban J connectivity index is 4.54. The van der Waals surface area contributed by atoms with Crippen LogP contribution in [0.3, 0.4) is 0 Å². The smallest absolute Gasteiger partial charge is 0.317 e. The van der Waals surface area contributed by atoms with Crippen molar-refractivity contribution in [3.05, 3.63) is 0 Å². The molecule has 0 bridgehead atoms. The van der Waals surface area contributed by atoms with Crippen LogP contribution in [-0.4, -0.2) is 33.2 Å². The van der Waals surface area contributed by atoms with Crippen LogP contribution in [-0.2, 0) is 9.59 Å². The van der Waals surface area contributed by atoms with E-state index in [1.807, 2.05) is 0 Å². The first-order valence-electron chi connectivity index (χ1n) is 7.86. The van der Waals surface area contributed by atoms with E-state index in [2.05, 4.69) is 27.7 Å². The highest BCUT2D eigenvalue weighted by Gasteiger charge is 2.24. The summed E-state index contributed by atoms with van der Waals surface area (Å²) in [6, 6.07) is 0. The predicted molar refractivity (Wildman–Crippen MR) is 87.8 cm³/mol. The Morgan fingerprint density at radius 1 is 1.00 bits per heavy atom. The molecule has 3 unspecified atom stereocenters. The van der Waals surface area contributed by atoms with Gasteiger partial charge in [0.25, 0.3) is 0 Å². The van der Waals surface area contributed by atoms with Gasteiger partial charge in [0.1, 0.15) is 5.25 Å². The molecule has 2 N–H and O–H groups in total. The van der Waals surface area contributed by atoms with Gasteiger partial charge in [0.15, 0.2) is 0 Å². The van der Waals surface area contributed by atoms with Crippen molar-refractivity contribution in [2.24, 2.45) is 17.8 Å². The molecule has 0 aromatic carbocycles. The molecule has 4 nitrogen and oxygen atoms in total. The SMILES string of the molecule is CCC(C)CC(CSC(CC(=O)O)C(=O)O)CC(C)CC. The molecule has 21 heavy (non-hydrogen) atoms. The number of rotatable bonds is 12. The van der Waals surface area contributed by atoms with Gasteiger partial charge in [-0.3, -0.25) is 9.59 Å². The number of carboxylic acid groups (broad SMARTS) is 2. The third-order valence-electron chi connectivity index (χ3n) is 4.03. The van der Waals surface area contributed by atoms with Crippen LogP contribution in [0.25, 0.3) is 0 Å². The van der Waals surface area contributed by atoms with Crippen LogP contribution in [0.2, 0.25) is 0 Å². The first kappa shape index (κ1) is 20.3. The summed E-state index contributed by atoms with van der Waals surface area (Å²) in [6.45, 7) is 8.78. The van der Waals surface area contributed by atoms with Crippen LogP contribution in [0.4, 0.5) is 0 Å². The minimum absolute atomic E-state index is 0.306. The van der Waals surface area contributed by atoms with E-state index in [-0.39, 0.29) is 6.42 Å². The van der Waals surface area contributed by atoms with Crippen LogP contribution < -0.4 is 0 Å². The normalized spacial score (nSPS) is 17.0. The third-order valence-corrected chi connectivity index (χ3v) is 5.47. The second kappa shape index (κ2) is 10.9. The van der Waals surface area contributed by atoms with Crippen molar-refractivity contribution in [1.82, 2.24) is 0 Å². The van der Waals surface area contributed by atoms with E-state index < -0.39 is 17.2 Å². The lowest BCUT2D eigenvalue weighted by Gasteiger charge is -2.24. The highest BCUT2D eigenvalue weighted by molar-refractivity contribution is 8.00. The predicted octanol–water partition coefficient (Wildman–Crippen LogP) is 4.14. The van der Waals surface area contributed by atoms with E-state index in [0.717, 1.165) is 31.4 Å². The van der Waals surface area contributed by atoms with Gasteiger partial charge in [-0.05, 0) is 36.3 Å². The van der Waals surface area contributed by atoms with E-state index in [0.29, 0.717) is 17.8 Å². The fraction of sp³-hybridized carbons (Fsp3) is 0.875. The van der Waals surface area contributed by atoms with Gasteiger partial charge in [-0.15, -0.1) is 11.8 Å². The molecule has 0 fully saturated rings. The maximum atomic E-state index is 11.1. The summed E-state index contributed by atoms with van der Waals surface area (Å²) in [5.41, 5.74) is 0. The van der Waals surface area contributed by atoms with Gasteiger partial charge in [0.2, 0.25) is 0 Å². The van der Waals surface area contributed by atoms with Gasteiger partial charge < -0.3 is 10.2 Å². The van der Waals surface area contributed by atoms with Gasteiger partial charge in [-0.2, -0.15) is 0 Å². The second-order valence-electron chi connectivity index (χ2n) is 6.12. The van der Waals surface area contributed by atoms with Gasteiger partial charge in [-0.1, -0.05) is 40.5 Å². The van der Waals surface area contributed by atoms with Crippen LogP contribution in [0.5, 0.6) is 0 Å². The number of hydrogen-bond acceptors (Lipinski definition) is 3. The largest absolute Gasteiger partial charge is 0.481 e. The van der Waals surface area contributed by atoms with Gasteiger partial charge in [0.05, 0.1) is 6.42 Å². The molecule has 124 valence electrons. The van der Waals surface area contributed by atoms with Crippen molar-refractivity contribution in [3.8, 4) is 0 Å². The summed E-state index contributed by atoms with van der Waals surface area (Å²) in [4.78, 5) is 21.9. The molecule has 0 saturated carbocycles. The molecule has 0 aromatic heterocycles. The fourth-order valence-corrected chi connectivity index (χ4v) is 3.51. The van der Waals surface area contributed by atoms with E-state index in [4.69, 9.17) is 10.2 Å². The van der Waals surface area contributed by atoms with Gasteiger partial charge in [-0.25, -0.2) is 0 Å². The summed E-state index contributed by atoms with van der Waals surface area (Å²) in [7, 11) is 0. The molecule has 0 heterocycles. The lowest BCUT2D eigenvalue weighted by atomic mass is 9.87. The van der Waals surface area contributed by atoms with Crippen LogP contribution in [0.1, 0.15) is 59.8 Å². The summed E-state index contributed by atoms with van der Waals surface area (Å²) in [5.74, 6) is 0.391. The van der Waals surface area contributed by atoms with Crippen molar-refractivity contribution in [2.45, 2.75) is 65.0 Å². The number of aliphatic carboxylic acids is 2. The van der Waals surface area contributed by atoms with Crippen molar-refractivity contribution < 1.29 is 19.8 Å². The maximum Gasteiger partial charge on any atom is 0.317 e. The Labute approximate surface area is 132 Å². The van der Waals surface area contributed by atoms with Crippen LogP contribution in [0.15, 0.2) is 0 Å². The van der Waals surface area contributed by atoms with E-state index in [1.165, 1.54) is 11.8 Å². The quantitative estimate of drug-likeness (QED) is 0.566. The zero-order valence-corrected chi connectivity index (χ0v) is 14.5. The molecular weight excluding hydrogens is 288 g/mol. The molecule has 0 aliphatic carbocycles. The standard InChI is InChI=1S/C16H30O4S/c1-5-11(3)7-13(8-12(4)6-2)10-21-14(16(19)20)9-15(17)18/h11-14H,5-10H2,1-4H3,(H,17,18)(H,19,20). The van der Waals surface area contributed by atoms with Gasteiger partial charge >= 0.3 is 11.9 Å². The number of hydrogen-bond donors (Lipinski definition) is 2. The third kappa shape index (κ3) is 9.77. The molecule has 0 radical (unpaired) electrons. The monoisotopic (exact) mass is 318 g/mol. The Morgan fingerprint density at radius 2 is 1.48 bits per heavy atom. The molecule has 0 saturated heterocycles. The minimum Gasteiger partial charge on any atom is -0.481 e. The van der Waals surface area contributed by atoms with Crippen molar-refractivity contribution in [3.63, 3.8) is 0 Å². The molecular formula is C16H30O4S. The zero-order chi connectivity index (χ0) is 16.4. The topological polar surface area (TPSA) is 74.6 Å². The summed E-state index contributed by atoms with van der Waals surface area (Å²) >= 11 is 1.29. The Morgan fingerprint density at radius 3 is 1.81 bits per heavy atom. The average molecular weight is 318 g/mol. The fourth-order valence-electron chi connectivity index (χ4n) is 2.33. The van der Waals surface area contributed by atoms with Crippen molar-refractivity contribution in [2.75, 3.05) is 5.75 Å². The van der Waals surface area contributed by atoms with E-state index in [9.17, 15) is 9.59 Å². The molecule has 0 amide bonds. The molecule has 0 aliphatic heterocycles. The second-order valence-corrected chi connectivity index (χ2v) is 7.36. The minimum atomic E-state index is -1.05. The number of thioether (sulfide) groups is 1. The Hall–Kier alpha value is -0.710. The lowest BCUT2D eigenvalue weighted by Crippen LogP contribution is -2.23. The highest BCUT2D eigenvalue weighted by atomic mass is 32.2. The van der Waals surface area contributed by atoms with Crippen molar-refractivity contribution in [1.29, 1.82) is 0 Å². The molecule has 0 aliphatic rings. The molecule has 3 atom stereocenters. The highest BCUT2D eigenvalue weighted by Crippen LogP contribution is 2.29. The van der Waals surface area contributed by atoms with Gasteiger partial charge in [0, 0.05) is 0 Å². The van der Waals surface area contributed by atoms with E-state index in [1.54, 1.807) is 0 Å². The molecule has 0 rings (SSSR count). The Kier molecular flexibility index (Phi) is 10.6. The molecule has 0 aromatic rings. The summed E-state index contributed by atoms with van der Waals surface area (Å²) < 4.78 is 0. The molecule has 0 spiro atoms. The van der Waals surface area contributed by atoms with E-state index >= 15 is 0 Å². The van der Waals surface area contributed by atoms with Crippen LogP contribution in [0, 0.1) is 17.8 Å². The van der Waals surface area contributed by atoms with Crippen LogP contribution >= 0.6 is 11.8 Å². The lowest BCUT2D eigenvalue weighted by molar-refractivity contribution is -0.142. The zero-order valence-electron chi connectivity index (χ0n) is 13.7. The maximum absolute atomic E-state index is 11.1. The number of carboxylic acids is 2. The Bertz CT molecular complexity index is 307. The summed E-state index contributed by atoms with van der Waals surface area (Å²) in [6.07, 6.45) is 4.12.